The highest BCUT2D eigenvalue weighted by Gasteiger charge is 2.11. The zero-order valence-electron chi connectivity index (χ0n) is 9.04. The lowest BCUT2D eigenvalue weighted by atomic mass is 10.2. The fraction of sp³-hybridized carbons (Fsp3) is 0.0833. The van der Waals surface area contributed by atoms with E-state index in [1.165, 1.54) is 0 Å². The van der Waals surface area contributed by atoms with Crippen LogP contribution in [0.5, 0.6) is 0 Å². The van der Waals surface area contributed by atoms with Gasteiger partial charge in [0.1, 0.15) is 0 Å². The highest BCUT2D eigenvalue weighted by molar-refractivity contribution is 9.10. The van der Waals surface area contributed by atoms with Crippen LogP contribution in [-0.4, -0.2) is 5.91 Å². The molecule has 0 radical (unpaired) electrons. The fourth-order valence-electron chi connectivity index (χ4n) is 1.38. The van der Waals surface area contributed by atoms with Gasteiger partial charge in [-0.1, -0.05) is 23.2 Å². The number of hydrogen-bond acceptors (Lipinski definition) is 2. The van der Waals surface area contributed by atoms with Gasteiger partial charge in [0.05, 0.1) is 17.1 Å². The van der Waals surface area contributed by atoms with Crippen LogP contribution in [0.15, 0.2) is 34.1 Å². The topological polar surface area (TPSA) is 29.1 Å². The van der Waals surface area contributed by atoms with Gasteiger partial charge >= 0.3 is 0 Å². The van der Waals surface area contributed by atoms with Gasteiger partial charge in [0, 0.05) is 14.4 Å². The molecule has 0 aliphatic rings. The van der Waals surface area contributed by atoms with Crippen molar-refractivity contribution in [3.8, 4) is 0 Å². The van der Waals surface area contributed by atoms with Crippen LogP contribution in [0.1, 0.15) is 15.2 Å². The van der Waals surface area contributed by atoms with Crippen molar-refractivity contribution in [2.45, 2.75) is 6.54 Å². The van der Waals surface area contributed by atoms with E-state index < -0.39 is 0 Å². The van der Waals surface area contributed by atoms with Gasteiger partial charge in [0.2, 0.25) is 0 Å². The van der Waals surface area contributed by atoms with E-state index in [0.717, 1.165) is 9.35 Å². The zero-order valence-corrected chi connectivity index (χ0v) is 13.0. The maximum Gasteiger partial charge on any atom is 0.253 e. The Morgan fingerprint density at radius 3 is 2.72 bits per heavy atom. The van der Waals surface area contributed by atoms with Crippen LogP contribution in [0.2, 0.25) is 10.0 Å². The first-order valence-electron chi connectivity index (χ1n) is 5.03. The maximum absolute atomic E-state index is 11.9. The SMILES string of the molecule is O=C(NCc1sccc1Br)c1ccc(Cl)cc1Cl. The predicted molar refractivity (Wildman–Crippen MR) is 79.7 cm³/mol. The molecule has 0 atom stereocenters. The largest absolute Gasteiger partial charge is 0.347 e. The molecule has 1 aromatic heterocycles. The van der Waals surface area contributed by atoms with Crippen LogP contribution < -0.4 is 5.32 Å². The lowest BCUT2D eigenvalue weighted by Gasteiger charge is -2.06. The number of halogens is 3. The Bertz CT molecular complexity index is 585. The molecule has 0 spiro atoms. The minimum atomic E-state index is -0.211. The van der Waals surface area contributed by atoms with Gasteiger partial charge in [-0.15, -0.1) is 11.3 Å². The minimum absolute atomic E-state index is 0.211. The van der Waals surface area contributed by atoms with Crippen molar-refractivity contribution in [2.75, 3.05) is 0 Å². The molecule has 0 bridgehead atoms. The number of carbonyl (C=O) groups is 1. The van der Waals surface area contributed by atoms with Crippen LogP contribution in [0.25, 0.3) is 0 Å². The highest BCUT2D eigenvalue weighted by Crippen LogP contribution is 2.23. The van der Waals surface area contributed by atoms with Gasteiger partial charge in [0.25, 0.3) is 5.91 Å². The molecule has 0 fully saturated rings. The predicted octanol–water partition coefficient (Wildman–Crippen LogP) is 4.75. The highest BCUT2D eigenvalue weighted by atomic mass is 79.9. The van der Waals surface area contributed by atoms with E-state index in [4.69, 9.17) is 23.2 Å². The number of nitrogens with one attached hydrogen (secondary N) is 1. The summed E-state index contributed by atoms with van der Waals surface area (Å²) in [6.45, 7) is 0.468. The molecule has 2 rings (SSSR count). The number of rotatable bonds is 3. The number of hydrogen-bond donors (Lipinski definition) is 1. The molecule has 6 heteroatoms. The zero-order chi connectivity index (χ0) is 13.1. The third kappa shape index (κ3) is 3.26. The van der Waals surface area contributed by atoms with Crippen LogP contribution >= 0.6 is 50.5 Å². The fourth-order valence-corrected chi connectivity index (χ4v) is 3.31. The van der Waals surface area contributed by atoms with Crippen molar-refractivity contribution >= 4 is 56.4 Å². The first kappa shape index (κ1) is 13.9. The van der Waals surface area contributed by atoms with Gasteiger partial charge < -0.3 is 5.32 Å². The van der Waals surface area contributed by atoms with Crippen molar-refractivity contribution in [1.29, 1.82) is 0 Å². The van der Waals surface area contributed by atoms with E-state index in [9.17, 15) is 4.79 Å². The molecule has 0 aliphatic carbocycles. The first-order chi connectivity index (χ1) is 8.58. The summed E-state index contributed by atoms with van der Waals surface area (Å²) in [6, 6.07) is 6.76. The monoisotopic (exact) mass is 363 g/mol. The average molecular weight is 365 g/mol. The lowest BCUT2D eigenvalue weighted by molar-refractivity contribution is 0.0951. The summed E-state index contributed by atoms with van der Waals surface area (Å²) in [6.07, 6.45) is 0. The molecule has 0 saturated carbocycles. The summed E-state index contributed by atoms with van der Waals surface area (Å²) in [5, 5.41) is 5.64. The Morgan fingerprint density at radius 1 is 1.33 bits per heavy atom. The molecule has 0 unspecified atom stereocenters. The average Bonchev–Trinajstić information content (AvgIpc) is 2.72. The molecule has 2 nitrogen and oxygen atoms in total. The lowest BCUT2D eigenvalue weighted by Crippen LogP contribution is -2.22. The van der Waals surface area contributed by atoms with E-state index >= 15 is 0 Å². The second kappa shape index (κ2) is 6.06. The molecule has 1 heterocycles. The summed E-state index contributed by atoms with van der Waals surface area (Å²) in [5.41, 5.74) is 0.425. The van der Waals surface area contributed by atoms with Crippen molar-refractivity contribution in [1.82, 2.24) is 5.32 Å². The minimum Gasteiger partial charge on any atom is -0.347 e. The quantitative estimate of drug-likeness (QED) is 0.836. The van der Waals surface area contributed by atoms with E-state index in [1.54, 1.807) is 29.5 Å². The van der Waals surface area contributed by atoms with Crippen molar-refractivity contribution < 1.29 is 4.79 Å². The summed E-state index contributed by atoms with van der Waals surface area (Å²) in [4.78, 5) is 13.0. The number of carbonyl (C=O) groups excluding carboxylic acids is 1. The summed E-state index contributed by atoms with van der Waals surface area (Å²) >= 11 is 16.7. The molecule has 1 aromatic carbocycles. The summed E-state index contributed by atoms with van der Waals surface area (Å²) in [5.74, 6) is -0.211. The van der Waals surface area contributed by atoms with Gasteiger partial charge in [-0.2, -0.15) is 0 Å². The van der Waals surface area contributed by atoms with Gasteiger partial charge in [-0.3, -0.25) is 4.79 Å². The Hall–Kier alpha value is -0.550. The summed E-state index contributed by atoms with van der Waals surface area (Å²) in [7, 11) is 0. The second-order valence-corrected chi connectivity index (χ2v) is 6.20. The van der Waals surface area contributed by atoms with Crippen molar-refractivity contribution in [2.24, 2.45) is 0 Å². The van der Waals surface area contributed by atoms with Crippen LogP contribution in [0, 0.1) is 0 Å². The van der Waals surface area contributed by atoms with Crippen LogP contribution in [0.3, 0.4) is 0 Å². The molecule has 94 valence electrons. The van der Waals surface area contributed by atoms with E-state index in [-0.39, 0.29) is 5.91 Å². The molecular formula is C12H8BrCl2NOS. The number of thiophene rings is 1. The maximum atomic E-state index is 11.9. The van der Waals surface area contributed by atoms with Gasteiger partial charge in [-0.25, -0.2) is 0 Å². The molecule has 0 saturated heterocycles. The third-order valence-corrected chi connectivity index (χ3v) is 4.75. The first-order valence-corrected chi connectivity index (χ1v) is 7.46. The van der Waals surface area contributed by atoms with Crippen LogP contribution in [-0.2, 0) is 6.54 Å². The standard InChI is InChI=1S/C12H8BrCl2NOS/c13-9-3-4-18-11(9)6-16-12(17)8-2-1-7(14)5-10(8)15/h1-5H,6H2,(H,16,17). The number of amides is 1. The van der Waals surface area contributed by atoms with Gasteiger partial charge in [0.15, 0.2) is 0 Å². The smallest absolute Gasteiger partial charge is 0.253 e. The molecule has 18 heavy (non-hydrogen) atoms. The van der Waals surface area contributed by atoms with E-state index in [1.807, 2.05) is 11.4 Å². The normalized spacial score (nSPS) is 10.4. The van der Waals surface area contributed by atoms with E-state index in [0.29, 0.717) is 22.2 Å². The van der Waals surface area contributed by atoms with E-state index in [2.05, 4.69) is 21.2 Å². The van der Waals surface area contributed by atoms with Crippen LogP contribution in [0.4, 0.5) is 0 Å². The Balaban J connectivity index is 2.06. The molecule has 1 amide bonds. The molecular weight excluding hydrogens is 357 g/mol. The molecule has 1 N–H and O–H groups in total. The van der Waals surface area contributed by atoms with Crippen molar-refractivity contribution in [3.63, 3.8) is 0 Å². The Kier molecular flexibility index (Phi) is 4.67. The third-order valence-electron chi connectivity index (χ3n) is 2.28. The Labute approximate surface area is 127 Å². The summed E-state index contributed by atoms with van der Waals surface area (Å²) < 4.78 is 0.995. The van der Waals surface area contributed by atoms with Crippen molar-refractivity contribution in [3.05, 3.63) is 54.6 Å². The molecule has 0 aliphatic heterocycles. The number of benzene rings is 1. The second-order valence-electron chi connectivity index (χ2n) is 3.50. The Morgan fingerprint density at radius 2 is 2.11 bits per heavy atom. The molecule has 2 aromatic rings. The van der Waals surface area contributed by atoms with Gasteiger partial charge in [-0.05, 0) is 45.6 Å².